The molecule has 0 aliphatic rings. The Morgan fingerprint density at radius 2 is 2.21 bits per heavy atom. The number of amides is 1. The Kier molecular flexibility index (Phi) is 6.29. The number of ether oxygens (including phenoxy) is 1. The maximum absolute atomic E-state index is 12.2. The molecule has 1 aromatic heterocycles. The SMILES string of the molecule is CCNc1cc(C(=O)NC(COC)C(C)C)ccn1. The lowest BCUT2D eigenvalue weighted by Gasteiger charge is -2.21. The minimum Gasteiger partial charge on any atom is -0.383 e. The van der Waals surface area contributed by atoms with Crippen molar-refractivity contribution in [1.82, 2.24) is 10.3 Å². The summed E-state index contributed by atoms with van der Waals surface area (Å²) in [5, 5.41) is 6.07. The maximum Gasteiger partial charge on any atom is 0.251 e. The number of methoxy groups -OCH3 is 1. The summed E-state index contributed by atoms with van der Waals surface area (Å²) in [5.74, 6) is 0.930. The Balaban J connectivity index is 2.73. The number of rotatable bonds is 7. The lowest BCUT2D eigenvalue weighted by molar-refractivity contribution is 0.0866. The van der Waals surface area contributed by atoms with Crippen molar-refractivity contribution < 1.29 is 9.53 Å². The Bertz CT molecular complexity index is 407. The van der Waals surface area contributed by atoms with Gasteiger partial charge in [0.2, 0.25) is 0 Å². The molecule has 19 heavy (non-hydrogen) atoms. The molecule has 0 radical (unpaired) electrons. The molecular weight excluding hydrogens is 242 g/mol. The number of aromatic nitrogens is 1. The Morgan fingerprint density at radius 3 is 2.79 bits per heavy atom. The van der Waals surface area contributed by atoms with Crippen LogP contribution in [0.1, 0.15) is 31.1 Å². The van der Waals surface area contributed by atoms with Gasteiger partial charge in [0.15, 0.2) is 0 Å². The third kappa shape index (κ3) is 4.87. The van der Waals surface area contributed by atoms with Crippen molar-refractivity contribution in [3.63, 3.8) is 0 Å². The van der Waals surface area contributed by atoms with Crippen LogP contribution in [0.5, 0.6) is 0 Å². The number of carbonyl (C=O) groups excluding carboxylic acids is 1. The number of nitrogens with zero attached hydrogens (tertiary/aromatic N) is 1. The molecule has 0 aliphatic carbocycles. The van der Waals surface area contributed by atoms with E-state index >= 15 is 0 Å². The van der Waals surface area contributed by atoms with Gasteiger partial charge in [-0.25, -0.2) is 4.98 Å². The van der Waals surface area contributed by atoms with Gasteiger partial charge in [-0.05, 0) is 25.0 Å². The van der Waals surface area contributed by atoms with Crippen molar-refractivity contribution in [3.8, 4) is 0 Å². The molecule has 1 aromatic rings. The number of nitrogens with one attached hydrogen (secondary N) is 2. The number of pyridine rings is 1. The highest BCUT2D eigenvalue weighted by Crippen LogP contribution is 2.08. The first-order valence-electron chi connectivity index (χ1n) is 6.58. The van der Waals surface area contributed by atoms with Gasteiger partial charge in [-0.2, -0.15) is 0 Å². The molecular formula is C14H23N3O2. The van der Waals surface area contributed by atoms with E-state index in [0.29, 0.717) is 23.9 Å². The molecule has 5 heteroatoms. The molecule has 5 nitrogen and oxygen atoms in total. The Labute approximate surface area is 114 Å². The van der Waals surface area contributed by atoms with Crippen LogP contribution in [0.2, 0.25) is 0 Å². The quantitative estimate of drug-likeness (QED) is 0.790. The maximum atomic E-state index is 12.2. The van der Waals surface area contributed by atoms with Crippen LogP contribution in [0.4, 0.5) is 5.82 Å². The summed E-state index contributed by atoms with van der Waals surface area (Å²) in [6, 6.07) is 3.47. The normalized spacial score (nSPS) is 12.3. The molecule has 1 amide bonds. The number of carbonyl (C=O) groups is 1. The van der Waals surface area contributed by atoms with Gasteiger partial charge in [0.1, 0.15) is 5.82 Å². The van der Waals surface area contributed by atoms with Gasteiger partial charge in [-0.15, -0.1) is 0 Å². The first-order chi connectivity index (χ1) is 9.08. The number of hydrogen-bond acceptors (Lipinski definition) is 4. The fourth-order valence-corrected chi connectivity index (χ4v) is 1.68. The van der Waals surface area contributed by atoms with Crippen LogP contribution in [0.15, 0.2) is 18.3 Å². The molecule has 0 saturated heterocycles. The average Bonchev–Trinajstić information content (AvgIpc) is 2.38. The molecule has 0 fully saturated rings. The van der Waals surface area contributed by atoms with E-state index in [1.807, 2.05) is 6.92 Å². The Morgan fingerprint density at radius 1 is 1.47 bits per heavy atom. The first kappa shape index (κ1) is 15.4. The van der Waals surface area contributed by atoms with Crippen LogP contribution in [0, 0.1) is 5.92 Å². The lowest BCUT2D eigenvalue weighted by Crippen LogP contribution is -2.41. The summed E-state index contributed by atoms with van der Waals surface area (Å²) in [4.78, 5) is 16.3. The molecule has 0 aromatic carbocycles. The van der Waals surface area contributed by atoms with Crippen LogP contribution in [0.25, 0.3) is 0 Å². The summed E-state index contributed by atoms with van der Waals surface area (Å²) in [5.41, 5.74) is 0.604. The minimum absolute atomic E-state index is 0.00764. The molecule has 0 aliphatic heterocycles. The van der Waals surface area contributed by atoms with Crippen LogP contribution in [-0.4, -0.2) is 37.2 Å². The smallest absolute Gasteiger partial charge is 0.251 e. The number of hydrogen-bond donors (Lipinski definition) is 2. The predicted molar refractivity (Wildman–Crippen MR) is 76.4 cm³/mol. The predicted octanol–water partition coefficient (Wildman–Crippen LogP) is 1.91. The van der Waals surface area contributed by atoms with Gasteiger partial charge in [0.05, 0.1) is 12.6 Å². The van der Waals surface area contributed by atoms with Gasteiger partial charge in [-0.1, -0.05) is 13.8 Å². The Hall–Kier alpha value is -1.62. The van der Waals surface area contributed by atoms with E-state index < -0.39 is 0 Å². The molecule has 106 valence electrons. The first-order valence-corrected chi connectivity index (χ1v) is 6.58. The van der Waals surface area contributed by atoms with Gasteiger partial charge >= 0.3 is 0 Å². The van der Waals surface area contributed by atoms with E-state index in [9.17, 15) is 4.79 Å². The summed E-state index contributed by atoms with van der Waals surface area (Å²) in [6.45, 7) is 7.38. The van der Waals surface area contributed by atoms with Gasteiger partial charge in [-0.3, -0.25) is 4.79 Å². The van der Waals surface area contributed by atoms with Gasteiger partial charge in [0, 0.05) is 25.4 Å². The van der Waals surface area contributed by atoms with Crippen LogP contribution in [0.3, 0.4) is 0 Å². The van der Waals surface area contributed by atoms with Crippen LogP contribution in [-0.2, 0) is 4.74 Å². The van der Waals surface area contributed by atoms with E-state index in [4.69, 9.17) is 4.74 Å². The summed E-state index contributed by atoms with van der Waals surface area (Å²) in [7, 11) is 1.64. The lowest BCUT2D eigenvalue weighted by atomic mass is 10.0. The van der Waals surface area contributed by atoms with Crippen molar-refractivity contribution in [3.05, 3.63) is 23.9 Å². The minimum atomic E-state index is -0.0997. The van der Waals surface area contributed by atoms with Gasteiger partial charge < -0.3 is 15.4 Å². The van der Waals surface area contributed by atoms with Crippen molar-refractivity contribution in [2.75, 3.05) is 25.6 Å². The highest BCUT2D eigenvalue weighted by atomic mass is 16.5. The second-order valence-electron chi connectivity index (χ2n) is 4.74. The second kappa shape index (κ2) is 7.74. The standard InChI is InChI=1S/C14H23N3O2/c1-5-15-13-8-11(6-7-16-13)14(18)17-12(9-19-4)10(2)3/h6-8,10,12H,5,9H2,1-4H3,(H,15,16)(H,17,18). The number of anilines is 1. The zero-order valence-corrected chi connectivity index (χ0v) is 12.1. The van der Waals surface area contributed by atoms with Gasteiger partial charge in [0.25, 0.3) is 5.91 Å². The third-order valence-electron chi connectivity index (χ3n) is 2.85. The van der Waals surface area contributed by atoms with Crippen LogP contribution >= 0.6 is 0 Å². The van der Waals surface area contributed by atoms with Crippen molar-refractivity contribution in [1.29, 1.82) is 0 Å². The van der Waals surface area contributed by atoms with Crippen molar-refractivity contribution in [2.45, 2.75) is 26.8 Å². The van der Waals surface area contributed by atoms with Crippen LogP contribution < -0.4 is 10.6 Å². The van der Waals surface area contributed by atoms with E-state index in [0.717, 1.165) is 6.54 Å². The second-order valence-corrected chi connectivity index (χ2v) is 4.74. The summed E-state index contributed by atoms with van der Waals surface area (Å²) >= 11 is 0. The monoisotopic (exact) mass is 265 g/mol. The molecule has 1 unspecified atom stereocenters. The molecule has 1 rings (SSSR count). The largest absolute Gasteiger partial charge is 0.383 e. The van der Waals surface area contributed by atoms with E-state index in [1.54, 1.807) is 25.4 Å². The topological polar surface area (TPSA) is 63.2 Å². The van der Waals surface area contributed by atoms with E-state index in [2.05, 4.69) is 29.5 Å². The molecule has 0 spiro atoms. The average molecular weight is 265 g/mol. The zero-order chi connectivity index (χ0) is 14.3. The molecule has 1 heterocycles. The fraction of sp³-hybridized carbons (Fsp3) is 0.571. The summed E-state index contributed by atoms with van der Waals surface area (Å²) in [6.07, 6.45) is 1.63. The molecule has 2 N–H and O–H groups in total. The third-order valence-corrected chi connectivity index (χ3v) is 2.85. The van der Waals surface area contributed by atoms with Crippen molar-refractivity contribution >= 4 is 11.7 Å². The fourth-order valence-electron chi connectivity index (χ4n) is 1.68. The molecule has 0 saturated carbocycles. The highest BCUT2D eigenvalue weighted by Gasteiger charge is 2.17. The van der Waals surface area contributed by atoms with Crippen molar-refractivity contribution in [2.24, 2.45) is 5.92 Å². The van der Waals surface area contributed by atoms with E-state index in [1.165, 1.54) is 0 Å². The highest BCUT2D eigenvalue weighted by molar-refractivity contribution is 5.95. The van der Waals surface area contributed by atoms with E-state index in [-0.39, 0.29) is 11.9 Å². The molecule has 1 atom stereocenters. The molecule has 0 bridgehead atoms. The summed E-state index contributed by atoms with van der Waals surface area (Å²) < 4.78 is 5.12. The zero-order valence-electron chi connectivity index (χ0n) is 12.1.